The van der Waals surface area contributed by atoms with E-state index in [9.17, 15) is 4.79 Å². The molecule has 2 aromatic rings. The first-order chi connectivity index (χ1) is 15.6. The second kappa shape index (κ2) is 10.6. The van der Waals surface area contributed by atoms with E-state index in [1.807, 2.05) is 6.07 Å². The summed E-state index contributed by atoms with van der Waals surface area (Å²) in [7, 11) is 1.50. The van der Waals surface area contributed by atoms with Gasteiger partial charge in [0, 0.05) is 0 Å². The minimum atomic E-state index is -0.258. The van der Waals surface area contributed by atoms with E-state index in [0.29, 0.717) is 18.1 Å². The molecule has 1 aliphatic carbocycles. The van der Waals surface area contributed by atoms with Gasteiger partial charge in [0.05, 0.1) is 0 Å². The molecule has 1 saturated heterocycles. The summed E-state index contributed by atoms with van der Waals surface area (Å²) in [5, 5.41) is 9.74. The van der Waals surface area contributed by atoms with E-state index < -0.39 is 0 Å². The normalized spacial score (nSPS) is 18.8. The zero-order valence-corrected chi connectivity index (χ0v) is 20.5. The molecule has 2 unspecified atom stereocenters. The van der Waals surface area contributed by atoms with Crippen LogP contribution in [-0.4, -0.2) is 76.4 Å². The molecule has 3 heterocycles. The molecule has 10 nitrogen and oxygen atoms in total. The van der Waals surface area contributed by atoms with E-state index >= 15 is 0 Å². The van der Waals surface area contributed by atoms with Gasteiger partial charge in [-0.2, -0.15) is 0 Å². The van der Waals surface area contributed by atoms with Crippen LogP contribution in [0.4, 0.5) is 16.3 Å². The van der Waals surface area contributed by atoms with Crippen molar-refractivity contribution in [1.82, 2.24) is 20.3 Å². The Balaban J connectivity index is 1.30. The molecule has 170 valence electrons. The summed E-state index contributed by atoms with van der Waals surface area (Å²) in [4.78, 5) is 32.4. The van der Waals surface area contributed by atoms with Gasteiger partial charge in [-0.3, -0.25) is 0 Å². The Morgan fingerprint density at radius 2 is 2.09 bits per heavy atom. The molecule has 2 N–H and O–H groups in total. The standard InChI is InChI=1S/C21H28AsN7O3/c1-31-26-11-17-19(22)24-13-25-20(17)29-9-8-15(12-29)28-21(30)27-14-6-7-18(23-10-14)32-16-4-2-3-5-16/h6-7,10-11,13,15-16H,2-5,8-9,12,22H2,1H3,(H2,27,28,30)/b26-11+. The average Bonchev–Trinajstić information content (AvgIpc) is 3.46. The van der Waals surface area contributed by atoms with Crippen molar-refractivity contribution >= 4 is 45.1 Å². The van der Waals surface area contributed by atoms with Crippen molar-refractivity contribution < 1.29 is 14.4 Å². The molecule has 0 bridgehead atoms. The van der Waals surface area contributed by atoms with Crippen molar-refractivity contribution in [3.63, 3.8) is 0 Å². The SMILES string of the molecule is CO/N=C/c1c([AsH2])ncnc1N1CCC(NC(=O)Nc2ccc(OC3CCCC3)nc2)C1. The number of oxime groups is 1. The van der Waals surface area contributed by atoms with Crippen LogP contribution in [0.2, 0.25) is 0 Å². The predicted molar refractivity (Wildman–Crippen MR) is 125 cm³/mol. The molecular formula is C21H28AsN7O3. The van der Waals surface area contributed by atoms with E-state index in [1.165, 1.54) is 36.8 Å². The van der Waals surface area contributed by atoms with Crippen LogP contribution < -0.4 is 24.8 Å². The van der Waals surface area contributed by atoms with Gasteiger partial charge in [0.2, 0.25) is 5.88 Å². The topological polar surface area (TPSA) is 114 Å². The van der Waals surface area contributed by atoms with Crippen molar-refractivity contribution in [2.45, 2.75) is 44.2 Å². The molecule has 32 heavy (non-hydrogen) atoms. The van der Waals surface area contributed by atoms with E-state index in [0.717, 1.165) is 41.7 Å². The quantitative estimate of drug-likeness (QED) is 0.328. The molecule has 2 fully saturated rings. The van der Waals surface area contributed by atoms with Crippen LogP contribution in [0.5, 0.6) is 5.88 Å². The Bertz CT molecular complexity index is 951. The summed E-state index contributed by atoms with van der Waals surface area (Å²) in [5.41, 5.74) is 1.47. The first kappa shape index (κ1) is 22.3. The van der Waals surface area contributed by atoms with Crippen molar-refractivity contribution in [3.05, 3.63) is 30.2 Å². The fourth-order valence-electron chi connectivity index (χ4n) is 4.00. The van der Waals surface area contributed by atoms with Gasteiger partial charge < -0.3 is 4.74 Å². The number of amides is 2. The van der Waals surface area contributed by atoms with Crippen LogP contribution in [0.1, 0.15) is 37.7 Å². The number of pyridine rings is 1. The van der Waals surface area contributed by atoms with Gasteiger partial charge in [0.25, 0.3) is 0 Å². The molecule has 4 rings (SSSR count). The Morgan fingerprint density at radius 3 is 2.84 bits per heavy atom. The summed E-state index contributed by atoms with van der Waals surface area (Å²) in [6, 6.07) is 3.35. The number of hydrogen-bond acceptors (Lipinski definition) is 8. The molecule has 2 aromatic heterocycles. The van der Waals surface area contributed by atoms with Crippen molar-refractivity contribution in [2.24, 2.45) is 5.16 Å². The Labute approximate surface area is 195 Å². The van der Waals surface area contributed by atoms with Crippen LogP contribution in [0, 0.1) is 0 Å². The van der Waals surface area contributed by atoms with E-state index in [-0.39, 0.29) is 18.2 Å². The third-order valence-corrected chi connectivity index (χ3v) is 6.55. The number of carbonyl (C=O) groups is 1. The minimum absolute atomic E-state index is 0.000859. The summed E-state index contributed by atoms with van der Waals surface area (Å²) in [5.74, 6) is 1.40. The molecule has 11 heteroatoms. The fourth-order valence-corrected chi connectivity index (χ4v) is 4.57. The molecule has 1 saturated carbocycles. The fraction of sp³-hybridized carbons (Fsp3) is 0.476. The van der Waals surface area contributed by atoms with Gasteiger partial charge in [0.1, 0.15) is 6.10 Å². The average molecular weight is 501 g/mol. The van der Waals surface area contributed by atoms with Gasteiger partial charge in [0.15, 0.2) is 0 Å². The van der Waals surface area contributed by atoms with E-state index in [4.69, 9.17) is 9.57 Å². The van der Waals surface area contributed by atoms with Crippen molar-refractivity contribution in [1.29, 1.82) is 0 Å². The maximum absolute atomic E-state index is 12.5. The van der Waals surface area contributed by atoms with Crippen LogP contribution in [0.25, 0.3) is 0 Å². The monoisotopic (exact) mass is 501 g/mol. The Morgan fingerprint density at radius 1 is 1.25 bits per heavy atom. The van der Waals surface area contributed by atoms with Crippen LogP contribution >= 0.6 is 0 Å². The zero-order valence-electron chi connectivity index (χ0n) is 18.0. The van der Waals surface area contributed by atoms with E-state index in [2.05, 4.69) is 35.6 Å². The van der Waals surface area contributed by atoms with Gasteiger partial charge in [-0.25, -0.2) is 0 Å². The number of carbonyl (C=O) groups excluding carboxylic acids is 1. The Kier molecular flexibility index (Phi) is 7.42. The van der Waals surface area contributed by atoms with Crippen LogP contribution in [0.15, 0.2) is 29.8 Å². The van der Waals surface area contributed by atoms with Crippen molar-refractivity contribution in [2.75, 3.05) is 30.4 Å². The molecule has 1 aliphatic heterocycles. The number of nitrogens with zero attached hydrogens (tertiary/aromatic N) is 5. The number of aromatic nitrogens is 3. The Hall–Kier alpha value is -2.87. The molecule has 0 radical (unpaired) electrons. The van der Waals surface area contributed by atoms with E-state index in [1.54, 1.807) is 24.8 Å². The van der Waals surface area contributed by atoms with Gasteiger partial charge in [-0.15, -0.1) is 0 Å². The zero-order chi connectivity index (χ0) is 22.3. The first-order valence-corrected chi connectivity index (χ1v) is 12.0. The number of rotatable bonds is 7. The number of anilines is 2. The molecule has 2 atom stereocenters. The van der Waals surface area contributed by atoms with Crippen LogP contribution in [-0.2, 0) is 4.84 Å². The molecule has 0 aromatic carbocycles. The number of ether oxygens (including phenoxy) is 1. The molecule has 2 aliphatic rings. The molecule has 0 spiro atoms. The molecular weight excluding hydrogens is 473 g/mol. The number of nitrogens with one attached hydrogen (secondary N) is 2. The van der Waals surface area contributed by atoms with Crippen molar-refractivity contribution in [3.8, 4) is 5.88 Å². The van der Waals surface area contributed by atoms with Gasteiger partial charge in [-0.1, -0.05) is 0 Å². The summed E-state index contributed by atoms with van der Waals surface area (Å²) in [6.45, 7) is 1.42. The van der Waals surface area contributed by atoms with Gasteiger partial charge in [-0.05, 0) is 25.7 Å². The number of hydrogen-bond donors (Lipinski definition) is 2. The second-order valence-corrected chi connectivity index (χ2v) is 9.00. The second-order valence-electron chi connectivity index (χ2n) is 7.85. The van der Waals surface area contributed by atoms with Crippen LogP contribution in [0.3, 0.4) is 0 Å². The number of urea groups is 1. The predicted octanol–water partition coefficient (Wildman–Crippen LogP) is 0.832. The first-order valence-electron chi connectivity index (χ1n) is 10.7. The summed E-state index contributed by atoms with van der Waals surface area (Å²) < 4.78 is 6.75. The summed E-state index contributed by atoms with van der Waals surface area (Å²) >= 11 is 1.39. The third-order valence-electron chi connectivity index (χ3n) is 5.59. The van der Waals surface area contributed by atoms with Gasteiger partial charge >= 0.3 is 153 Å². The third kappa shape index (κ3) is 5.67. The molecule has 2 amide bonds. The summed E-state index contributed by atoms with van der Waals surface area (Å²) in [6.07, 6.45) is 10.5. The maximum atomic E-state index is 12.5.